The molecule has 4 nitrogen and oxygen atoms in total. The standard InChI is InChI=1S/C16H18F4N4S/c1-23(15-22-21-14(25-15)16(18,19)20)13-5-7-24(8-6-13)10-11-3-2-4-12(17)9-11/h2-4,9,13H,5-8,10H2,1H3. The summed E-state index contributed by atoms with van der Waals surface area (Å²) < 4.78 is 51.2. The molecule has 2 heterocycles. The highest BCUT2D eigenvalue weighted by atomic mass is 32.1. The first-order chi connectivity index (χ1) is 11.8. The molecule has 0 spiro atoms. The van der Waals surface area contributed by atoms with Gasteiger partial charge in [0, 0.05) is 32.7 Å². The van der Waals surface area contributed by atoms with Gasteiger partial charge in [0.15, 0.2) is 0 Å². The second-order valence-electron chi connectivity index (χ2n) is 6.14. The van der Waals surface area contributed by atoms with E-state index in [1.54, 1.807) is 18.0 Å². The molecule has 1 saturated heterocycles. The molecule has 25 heavy (non-hydrogen) atoms. The number of aromatic nitrogens is 2. The summed E-state index contributed by atoms with van der Waals surface area (Å²) in [4.78, 5) is 4.01. The van der Waals surface area contributed by atoms with Crippen LogP contribution in [-0.2, 0) is 12.7 Å². The van der Waals surface area contributed by atoms with Crippen LogP contribution < -0.4 is 4.90 Å². The number of hydrogen-bond donors (Lipinski definition) is 0. The predicted molar refractivity (Wildman–Crippen MR) is 88.0 cm³/mol. The van der Waals surface area contributed by atoms with E-state index in [9.17, 15) is 17.6 Å². The molecule has 3 rings (SSSR count). The Morgan fingerprint density at radius 3 is 2.56 bits per heavy atom. The topological polar surface area (TPSA) is 32.3 Å². The van der Waals surface area contributed by atoms with Crippen LogP contribution >= 0.6 is 11.3 Å². The van der Waals surface area contributed by atoms with Gasteiger partial charge in [0.05, 0.1) is 0 Å². The van der Waals surface area contributed by atoms with Crippen LogP contribution in [0.4, 0.5) is 22.7 Å². The number of benzene rings is 1. The molecule has 0 bridgehead atoms. The first kappa shape index (κ1) is 18.1. The third kappa shape index (κ3) is 4.46. The SMILES string of the molecule is CN(c1nnc(C(F)(F)F)s1)C1CCN(Cc2cccc(F)c2)CC1. The van der Waals surface area contributed by atoms with Crippen molar-refractivity contribution >= 4 is 16.5 Å². The molecule has 0 aliphatic carbocycles. The Kier molecular flexibility index (Phi) is 5.24. The van der Waals surface area contributed by atoms with Crippen molar-refractivity contribution in [2.24, 2.45) is 0 Å². The summed E-state index contributed by atoms with van der Waals surface area (Å²) in [6, 6.07) is 6.65. The average Bonchev–Trinajstić information content (AvgIpc) is 3.05. The van der Waals surface area contributed by atoms with Crippen molar-refractivity contribution in [3.63, 3.8) is 0 Å². The molecule has 0 atom stereocenters. The number of alkyl halides is 3. The van der Waals surface area contributed by atoms with E-state index >= 15 is 0 Å². The van der Waals surface area contributed by atoms with Crippen molar-refractivity contribution in [1.82, 2.24) is 15.1 Å². The summed E-state index contributed by atoms with van der Waals surface area (Å²) in [7, 11) is 1.76. The summed E-state index contributed by atoms with van der Waals surface area (Å²) in [6.45, 7) is 2.28. The van der Waals surface area contributed by atoms with E-state index in [-0.39, 0.29) is 17.0 Å². The lowest BCUT2D eigenvalue weighted by atomic mass is 10.0. The molecule has 0 amide bonds. The third-order valence-corrected chi connectivity index (χ3v) is 5.42. The fourth-order valence-electron chi connectivity index (χ4n) is 2.99. The van der Waals surface area contributed by atoms with Gasteiger partial charge in [-0.2, -0.15) is 13.2 Å². The summed E-state index contributed by atoms with van der Waals surface area (Å²) in [5.41, 5.74) is 0.922. The summed E-state index contributed by atoms with van der Waals surface area (Å²) in [6.07, 6.45) is -2.83. The molecular weight excluding hydrogens is 356 g/mol. The quantitative estimate of drug-likeness (QED) is 0.762. The Balaban J connectivity index is 1.55. The molecule has 136 valence electrons. The summed E-state index contributed by atoms with van der Waals surface area (Å²) in [5, 5.41) is 6.28. The molecule has 0 radical (unpaired) electrons. The highest BCUT2D eigenvalue weighted by Crippen LogP contribution is 2.35. The molecule has 1 aromatic carbocycles. The molecule has 2 aromatic rings. The second-order valence-corrected chi connectivity index (χ2v) is 7.09. The van der Waals surface area contributed by atoms with Crippen LogP contribution in [0.1, 0.15) is 23.4 Å². The van der Waals surface area contributed by atoms with Gasteiger partial charge >= 0.3 is 6.18 Å². The molecule has 1 aliphatic heterocycles. The van der Waals surface area contributed by atoms with Gasteiger partial charge in [0.1, 0.15) is 5.82 Å². The van der Waals surface area contributed by atoms with E-state index in [0.29, 0.717) is 17.9 Å². The van der Waals surface area contributed by atoms with E-state index in [4.69, 9.17) is 0 Å². The Morgan fingerprint density at radius 1 is 1.24 bits per heavy atom. The molecule has 0 unspecified atom stereocenters. The van der Waals surface area contributed by atoms with E-state index in [1.807, 2.05) is 6.07 Å². The van der Waals surface area contributed by atoms with Crippen LogP contribution in [0, 0.1) is 5.82 Å². The lowest BCUT2D eigenvalue weighted by Gasteiger charge is -2.36. The van der Waals surface area contributed by atoms with Gasteiger partial charge in [-0.25, -0.2) is 4.39 Å². The molecule has 0 saturated carbocycles. The van der Waals surface area contributed by atoms with E-state index < -0.39 is 11.2 Å². The zero-order valence-electron chi connectivity index (χ0n) is 13.6. The van der Waals surface area contributed by atoms with Crippen LogP contribution in [-0.4, -0.2) is 41.3 Å². The van der Waals surface area contributed by atoms with E-state index in [2.05, 4.69) is 15.1 Å². The minimum atomic E-state index is -4.45. The summed E-state index contributed by atoms with van der Waals surface area (Å²) >= 11 is 0.570. The van der Waals surface area contributed by atoms with Crippen molar-refractivity contribution in [2.45, 2.75) is 31.6 Å². The van der Waals surface area contributed by atoms with Crippen LogP contribution in [0.25, 0.3) is 0 Å². The second kappa shape index (κ2) is 7.25. The van der Waals surface area contributed by atoms with Crippen LogP contribution in [0.3, 0.4) is 0 Å². The zero-order valence-corrected chi connectivity index (χ0v) is 14.4. The van der Waals surface area contributed by atoms with Crippen LogP contribution in [0.2, 0.25) is 0 Å². The van der Waals surface area contributed by atoms with E-state index in [1.165, 1.54) is 12.1 Å². The highest BCUT2D eigenvalue weighted by Gasteiger charge is 2.36. The number of rotatable bonds is 4. The highest BCUT2D eigenvalue weighted by molar-refractivity contribution is 7.15. The number of anilines is 1. The average molecular weight is 374 g/mol. The van der Waals surface area contributed by atoms with E-state index in [0.717, 1.165) is 31.5 Å². The van der Waals surface area contributed by atoms with Gasteiger partial charge in [0.25, 0.3) is 0 Å². The minimum absolute atomic E-state index is 0.123. The lowest BCUT2D eigenvalue weighted by Crippen LogP contribution is -2.43. The number of likely N-dealkylation sites (tertiary alicyclic amines) is 1. The van der Waals surface area contributed by atoms with Crippen molar-refractivity contribution in [1.29, 1.82) is 0 Å². The fraction of sp³-hybridized carbons (Fsp3) is 0.500. The summed E-state index contributed by atoms with van der Waals surface area (Å²) in [5.74, 6) is -0.246. The van der Waals surface area contributed by atoms with Crippen LogP contribution in [0.5, 0.6) is 0 Å². The number of hydrogen-bond acceptors (Lipinski definition) is 5. The monoisotopic (exact) mass is 374 g/mol. The van der Waals surface area contributed by atoms with Gasteiger partial charge in [0.2, 0.25) is 10.1 Å². The predicted octanol–water partition coefficient (Wildman–Crippen LogP) is 3.80. The molecular formula is C16H18F4N4S. The maximum absolute atomic E-state index is 13.2. The number of nitrogens with zero attached hydrogens (tertiary/aromatic N) is 4. The number of piperidine rings is 1. The minimum Gasteiger partial charge on any atom is -0.347 e. The smallest absolute Gasteiger partial charge is 0.347 e. The molecule has 0 N–H and O–H groups in total. The Labute approximate surface area is 147 Å². The lowest BCUT2D eigenvalue weighted by molar-refractivity contribution is -0.138. The number of halogens is 4. The van der Waals surface area contributed by atoms with Crippen molar-refractivity contribution in [3.8, 4) is 0 Å². The largest absolute Gasteiger partial charge is 0.445 e. The normalized spacial score (nSPS) is 17.0. The Hall–Kier alpha value is -1.74. The van der Waals surface area contributed by atoms with Crippen LogP contribution in [0.15, 0.2) is 24.3 Å². The maximum Gasteiger partial charge on any atom is 0.445 e. The van der Waals surface area contributed by atoms with Gasteiger partial charge in [-0.15, -0.1) is 10.2 Å². The zero-order chi connectivity index (χ0) is 18.0. The van der Waals surface area contributed by atoms with Gasteiger partial charge < -0.3 is 4.90 Å². The fourth-order valence-corrected chi connectivity index (χ4v) is 3.73. The first-order valence-corrected chi connectivity index (χ1v) is 8.75. The third-order valence-electron chi connectivity index (χ3n) is 4.36. The molecule has 1 aromatic heterocycles. The van der Waals surface area contributed by atoms with Gasteiger partial charge in [-0.1, -0.05) is 23.5 Å². The Bertz CT molecular complexity index is 710. The van der Waals surface area contributed by atoms with Crippen molar-refractivity contribution in [2.75, 3.05) is 25.0 Å². The molecule has 1 fully saturated rings. The molecule has 9 heteroatoms. The molecule has 1 aliphatic rings. The van der Waals surface area contributed by atoms with Crippen molar-refractivity contribution in [3.05, 3.63) is 40.7 Å². The van der Waals surface area contributed by atoms with Gasteiger partial charge in [-0.3, -0.25) is 4.90 Å². The van der Waals surface area contributed by atoms with Crippen molar-refractivity contribution < 1.29 is 17.6 Å². The maximum atomic E-state index is 13.2. The Morgan fingerprint density at radius 2 is 1.96 bits per heavy atom. The first-order valence-electron chi connectivity index (χ1n) is 7.93. The van der Waals surface area contributed by atoms with Gasteiger partial charge in [-0.05, 0) is 30.5 Å².